The number of benzene rings is 1. The molecule has 0 amide bonds. The highest BCUT2D eigenvalue weighted by atomic mass is 35.5. The third-order valence-electron chi connectivity index (χ3n) is 3.12. The van der Waals surface area contributed by atoms with Crippen molar-refractivity contribution in [2.75, 3.05) is 19.6 Å². The number of nitrogens with zero attached hydrogens (tertiary/aromatic N) is 1. The smallest absolute Gasteiger partial charge is 0.246 e. The first-order valence-electron chi connectivity index (χ1n) is 5.61. The number of hydrogen-bond donors (Lipinski definition) is 1. The Hall–Kier alpha value is -0.690. The lowest BCUT2D eigenvalue weighted by Crippen LogP contribution is -2.30. The van der Waals surface area contributed by atoms with Gasteiger partial charge in [0.2, 0.25) is 10.0 Å². The summed E-state index contributed by atoms with van der Waals surface area (Å²) in [5.74, 6) is -0.752. The molecule has 7 heteroatoms. The molecule has 1 saturated heterocycles. The fourth-order valence-electron chi connectivity index (χ4n) is 2.03. The molecule has 1 aliphatic heterocycles. The minimum absolute atomic E-state index is 0.141. The van der Waals surface area contributed by atoms with Gasteiger partial charge in [-0.05, 0) is 31.0 Å². The molecule has 1 heterocycles. The van der Waals surface area contributed by atoms with Crippen LogP contribution in [-0.4, -0.2) is 32.4 Å². The summed E-state index contributed by atoms with van der Waals surface area (Å²) in [5.41, 5.74) is 5.52. The average Bonchev–Trinajstić information content (AvgIpc) is 2.81. The van der Waals surface area contributed by atoms with E-state index in [-0.39, 0.29) is 15.8 Å². The first-order chi connectivity index (χ1) is 8.46. The van der Waals surface area contributed by atoms with Gasteiger partial charge in [0, 0.05) is 13.1 Å². The zero-order valence-electron chi connectivity index (χ0n) is 9.64. The summed E-state index contributed by atoms with van der Waals surface area (Å²) >= 11 is 5.60. The number of halogens is 2. The van der Waals surface area contributed by atoms with Crippen molar-refractivity contribution in [2.45, 2.75) is 11.3 Å². The summed E-state index contributed by atoms with van der Waals surface area (Å²) in [6.07, 6.45) is 0.706. The third kappa shape index (κ3) is 2.38. The van der Waals surface area contributed by atoms with E-state index < -0.39 is 15.8 Å². The molecule has 4 nitrogen and oxygen atoms in total. The largest absolute Gasteiger partial charge is 0.330 e. The van der Waals surface area contributed by atoms with E-state index in [1.54, 1.807) is 0 Å². The number of rotatable bonds is 3. The standard InChI is InChI=1S/C11H14ClFN2O2S/c12-9-2-1-3-10(11(9)13)18(16,17)15-5-4-8(6-14)7-15/h1-3,8H,4-7,14H2/t8-/m1/s1. The number of sulfonamides is 1. The molecule has 1 aliphatic rings. The lowest BCUT2D eigenvalue weighted by Gasteiger charge is -2.17. The van der Waals surface area contributed by atoms with Gasteiger partial charge >= 0.3 is 0 Å². The molecule has 100 valence electrons. The predicted octanol–water partition coefficient (Wildman–Crippen LogP) is 1.45. The average molecular weight is 293 g/mol. The second kappa shape index (κ2) is 5.13. The van der Waals surface area contributed by atoms with Crippen LogP contribution in [0.3, 0.4) is 0 Å². The lowest BCUT2D eigenvalue weighted by molar-refractivity contribution is 0.453. The van der Waals surface area contributed by atoms with E-state index in [0.29, 0.717) is 26.1 Å². The Morgan fingerprint density at radius 1 is 1.50 bits per heavy atom. The van der Waals surface area contributed by atoms with Crippen molar-refractivity contribution in [3.63, 3.8) is 0 Å². The summed E-state index contributed by atoms with van der Waals surface area (Å²) in [4.78, 5) is -0.368. The van der Waals surface area contributed by atoms with E-state index in [4.69, 9.17) is 17.3 Å². The Kier molecular flexibility index (Phi) is 3.91. The molecular formula is C11H14ClFN2O2S. The molecule has 0 spiro atoms. The summed E-state index contributed by atoms with van der Waals surface area (Å²) in [5, 5.41) is -0.189. The van der Waals surface area contributed by atoms with Crippen LogP contribution in [0.5, 0.6) is 0 Å². The molecule has 2 rings (SSSR count). The maximum Gasteiger partial charge on any atom is 0.246 e. The van der Waals surface area contributed by atoms with Crippen LogP contribution in [0.15, 0.2) is 23.1 Å². The van der Waals surface area contributed by atoms with Crippen molar-refractivity contribution >= 4 is 21.6 Å². The molecular weight excluding hydrogens is 279 g/mol. The van der Waals surface area contributed by atoms with E-state index in [2.05, 4.69) is 0 Å². The Morgan fingerprint density at radius 3 is 2.83 bits per heavy atom. The molecule has 0 aliphatic carbocycles. The zero-order valence-corrected chi connectivity index (χ0v) is 11.2. The Morgan fingerprint density at radius 2 is 2.22 bits per heavy atom. The van der Waals surface area contributed by atoms with Gasteiger partial charge in [0.05, 0.1) is 5.02 Å². The van der Waals surface area contributed by atoms with Gasteiger partial charge in [-0.15, -0.1) is 0 Å². The van der Waals surface area contributed by atoms with Crippen LogP contribution in [0.2, 0.25) is 5.02 Å². The van der Waals surface area contributed by atoms with Crippen molar-refractivity contribution in [3.05, 3.63) is 29.0 Å². The van der Waals surface area contributed by atoms with Crippen LogP contribution in [0.1, 0.15) is 6.42 Å². The van der Waals surface area contributed by atoms with E-state index in [1.807, 2.05) is 0 Å². The third-order valence-corrected chi connectivity index (χ3v) is 5.29. The van der Waals surface area contributed by atoms with Crippen LogP contribution in [0.25, 0.3) is 0 Å². The van der Waals surface area contributed by atoms with Crippen molar-refractivity contribution in [1.29, 1.82) is 0 Å². The van der Waals surface area contributed by atoms with Crippen LogP contribution in [0.4, 0.5) is 4.39 Å². The zero-order chi connectivity index (χ0) is 13.3. The molecule has 1 fully saturated rings. The first-order valence-corrected chi connectivity index (χ1v) is 7.43. The topological polar surface area (TPSA) is 63.4 Å². The van der Waals surface area contributed by atoms with Crippen LogP contribution >= 0.6 is 11.6 Å². The van der Waals surface area contributed by atoms with Gasteiger partial charge in [-0.3, -0.25) is 0 Å². The van der Waals surface area contributed by atoms with Gasteiger partial charge in [-0.2, -0.15) is 4.31 Å². The van der Waals surface area contributed by atoms with Gasteiger partial charge < -0.3 is 5.73 Å². The van der Waals surface area contributed by atoms with E-state index >= 15 is 0 Å². The Bertz CT molecular complexity index is 550. The van der Waals surface area contributed by atoms with Gasteiger partial charge in [0.25, 0.3) is 0 Å². The molecule has 0 aromatic heterocycles. The van der Waals surface area contributed by atoms with Crippen molar-refractivity contribution in [3.8, 4) is 0 Å². The van der Waals surface area contributed by atoms with Gasteiger partial charge in [-0.25, -0.2) is 12.8 Å². The molecule has 1 atom stereocenters. The van der Waals surface area contributed by atoms with Gasteiger partial charge in [0.1, 0.15) is 4.90 Å². The van der Waals surface area contributed by atoms with Crippen LogP contribution < -0.4 is 5.73 Å². The molecule has 0 saturated carbocycles. The molecule has 1 aromatic carbocycles. The Labute approximate surface area is 111 Å². The predicted molar refractivity (Wildman–Crippen MR) is 67.3 cm³/mol. The summed E-state index contributed by atoms with van der Waals surface area (Å²) in [6.45, 7) is 1.14. The highest BCUT2D eigenvalue weighted by molar-refractivity contribution is 7.89. The summed E-state index contributed by atoms with van der Waals surface area (Å²) < 4.78 is 39.5. The molecule has 18 heavy (non-hydrogen) atoms. The minimum atomic E-state index is -3.82. The van der Waals surface area contributed by atoms with Crippen molar-refractivity contribution in [1.82, 2.24) is 4.31 Å². The fourth-order valence-corrected chi connectivity index (χ4v) is 3.88. The summed E-state index contributed by atoms with van der Waals surface area (Å²) in [6, 6.07) is 3.98. The van der Waals surface area contributed by atoms with Crippen LogP contribution in [-0.2, 0) is 10.0 Å². The molecule has 0 radical (unpaired) electrons. The van der Waals surface area contributed by atoms with E-state index in [9.17, 15) is 12.8 Å². The molecule has 0 bridgehead atoms. The number of hydrogen-bond acceptors (Lipinski definition) is 3. The highest BCUT2D eigenvalue weighted by Gasteiger charge is 2.33. The van der Waals surface area contributed by atoms with Crippen LogP contribution in [0, 0.1) is 11.7 Å². The lowest BCUT2D eigenvalue weighted by atomic mass is 10.1. The molecule has 2 N–H and O–H groups in total. The number of nitrogens with two attached hydrogens (primary N) is 1. The minimum Gasteiger partial charge on any atom is -0.330 e. The first kappa shape index (κ1) is 13.7. The maximum absolute atomic E-state index is 13.8. The summed E-state index contributed by atoms with van der Waals surface area (Å²) in [7, 11) is -3.82. The SMILES string of the molecule is NC[C@H]1CCN(S(=O)(=O)c2cccc(Cl)c2F)C1. The Balaban J connectivity index is 2.35. The highest BCUT2D eigenvalue weighted by Crippen LogP contribution is 2.28. The fraction of sp³-hybridized carbons (Fsp3) is 0.455. The van der Waals surface area contributed by atoms with Crippen molar-refractivity contribution < 1.29 is 12.8 Å². The van der Waals surface area contributed by atoms with Crippen molar-refractivity contribution in [2.24, 2.45) is 11.7 Å². The van der Waals surface area contributed by atoms with E-state index in [0.717, 1.165) is 0 Å². The normalized spacial score (nSPS) is 21.4. The molecule has 1 aromatic rings. The second-order valence-corrected chi connectivity index (χ2v) is 6.62. The monoisotopic (exact) mass is 292 g/mol. The maximum atomic E-state index is 13.8. The molecule has 0 unspecified atom stereocenters. The van der Waals surface area contributed by atoms with Gasteiger partial charge in [-0.1, -0.05) is 17.7 Å². The van der Waals surface area contributed by atoms with Gasteiger partial charge in [0.15, 0.2) is 5.82 Å². The van der Waals surface area contributed by atoms with E-state index in [1.165, 1.54) is 22.5 Å². The second-order valence-electron chi connectivity index (χ2n) is 4.31. The quantitative estimate of drug-likeness (QED) is 0.917.